The van der Waals surface area contributed by atoms with Gasteiger partial charge >= 0.3 is 6.03 Å². The van der Waals surface area contributed by atoms with Gasteiger partial charge < -0.3 is 40.6 Å². The SMILES string of the molecule is CCO[SiH2]CCCNC(=O)NCC(O)C(O)C(O)C(O)CO. The smallest absolute Gasteiger partial charge is 0.314 e. The lowest BCUT2D eigenvalue weighted by Crippen LogP contribution is -2.50. The highest BCUT2D eigenvalue weighted by atomic mass is 28.2. The maximum Gasteiger partial charge on any atom is 0.314 e. The van der Waals surface area contributed by atoms with Crippen LogP contribution >= 0.6 is 0 Å². The fraction of sp³-hybridized carbons (Fsp3) is 0.917. The van der Waals surface area contributed by atoms with Crippen molar-refractivity contribution in [1.82, 2.24) is 10.6 Å². The van der Waals surface area contributed by atoms with E-state index in [4.69, 9.17) is 14.6 Å². The summed E-state index contributed by atoms with van der Waals surface area (Å²) in [4.78, 5) is 11.4. The Hall–Kier alpha value is -0.753. The predicted molar refractivity (Wildman–Crippen MR) is 82.1 cm³/mol. The summed E-state index contributed by atoms with van der Waals surface area (Å²) in [6.07, 6.45) is -5.60. The lowest BCUT2D eigenvalue weighted by Gasteiger charge is -2.25. The third-order valence-electron chi connectivity index (χ3n) is 3.00. The van der Waals surface area contributed by atoms with Gasteiger partial charge in [-0.15, -0.1) is 0 Å². The van der Waals surface area contributed by atoms with Crippen LogP contribution in [0.25, 0.3) is 0 Å². The van der Waals surface area contributed by atoms with E-state index >= 15 is 0 Å². The van der Waals surface area contributed by atoms with Crippen molar-refractivity contribution in [2.45, 2.75) is 43.8 Å². The topological polar surface area (TPSA) is 152 Å². The maximum absolute atomic E-state index is 11.4. The molecule has 4 unspecified atom stereocenters. The van der Waals surface area contributed by atoms with Gasteiger partial charge in [-0.25, -0.2) is 4.79 Å². The number of urea groups is 1. The number of amides is 2. The maximum atomic E-state index is 11.4. The molecule has 0 rings (SSSR count). The van der Waals surface area contributed by atoms with Gasteiger partial charge in [0.15, 0.2) is 9.76 Å². The van der Waals surface area contributed by atoms with Crippen molar-refractivity contribution in [2.75, 3.05) is 26.3 Å². The van der Waals surface area contributed by atoms with Crippen LogP contribution in [0.2, 0.25) is 6.04 Å². The lowest BCUT2D eigenvalue weighted by molar-refractivity contribution is -0.113. The summed E-state index contributed by atoms with van der Waals surface area (Å²) in [7, 11) is -0.505. The van der Waals surface area contributed by atoms with Crippen LogP contribution < -0.4 is 10.6 Å². The molecule has 7 N–H and O–H groups in total. The lowest BCUT2D eigenvalue weighted by atomic mass is 10.0. The first-order valence-corrected chi connectivity index (χ1v) is 8.94. The van der Waals surface area contributed by atoms with Crippen molar-refractivity contribution in [3.05, 3.63) is 0 Å². The van der Waals surface area contributed by atoms with Crippen LogP contribution in [0, 0.1) is 0 Å². The molecule has 0 aromatic heterocycles. The van der Waals surface area contributed by atoms with E-state index in [-0.39, 0.29) is 6.54 Å². The molecule has 0 saturated heterocycles. The standard InChI is InChI=1S/C12H28N2O7Si/c1-2-21-22-5-3-4-13-12(20)14-6-8(16)10(18)11(19)9(17)7-15/h8-11,15-19H,2-7,22H2,1H3,(H2,13,14,20). The fourth-order valence-corrected chi connectivity index (χ4v) is 2.57. The zero-order valence-electron chi connectivity index (χ0n) is 12.8. The number of aliphatic hydroxyl groups is 5. The number of aliphatic hydroxyl groups excluding tert-OH is 5. The van der Waals surface area contributed by atoms with Gasteiger partial charge in [0.05, 0.1) is 12.7 Å². The van der Waals surface area contributed by atoms with Gasteiger partial charge in [0.25, 0.3) is 0 Å². The number of rotatable bonds is 12. The molecule has 0 aliphatic rings. The molecule has 132 valence electrons. The quantitative estimate of drug-likeness (QED) is 0.145. The molecule has 2 amide bonds. The third-order valence-corrected chi connectivity index (χ3v) is 4.49. The average molecular weight is 340 g/mol. The zero-order chi connectivity index (χ0) is 17.0. The van der Waals surface area contributed by atoms with Crippen LogP contribution in [-0.2, 0) is 4.43 Å². The van der Waals surface area contributed by atoms with Gasteiger partial charge in [-0.05, 0) is 19.4 Å². The van der Waals surface area contributed by atoms with Gasteiger partial charge in [-0.2, -0.15) is 0 Å². The molecule has 0 heterocycles. The number of hydrogen-bond acceptors (Lipinski definition) is 7. The second kappa shape index (κ2) is 12.8. The molecule has 0 saturated carbocycles. The van der Waals surface area contributed by atoms with Crippen LogP contribution in [0.15, 0.2) is 0 Å². The second-order valence-electron chi connectivity index (χ2n) is 4.84. The minimum atomic E-state index is -1.70. The second-order valence-corrected chi connectivity index (χ2v) is 6.36. The Kier molecular flexibility index (Phi) is 12.3. The highest BCUT2D eigenvalue weighted by molar-refractivity contribution is 6.26. The minimum Gasteiger partial charge on any atom is -0.424 e. The van der Waals surface area contributed by atoms with Crippen molar-refractivity contribution in [3.8, 4) is 0 Å². The molecule has 0 radical (unpaired) electrons. The molecule has 0 spiro atoms. The molecule has 4 atom stereocenters. The van der Waals surface area contributed by atoms with E-state index in [1.807, 2.05) is 6.92 Å². The minimum absolute atomic E-state index is 0.296. The molecule has 0 aliphatic carbocycles. The molecule has 0 bridgehead atoms. The molecule has 0 aliphatic heterocycles. The Bertz CT molecular complexity index is 299. The first kappa shape index (κ1) is 21.2. The molecular weight excluding hydrogens is 312 g/mol. The Morgan fingerprint density at radius 3 is 2.36 bits per heavy atom. The van der Waals surface area contributed by atoms with E-state index in [0.717, 1.165) is 19.1 Å². The van der Waals surface area contributed by atoms with Gasteiger partial charge in [0, 0.05) is 19.7 Å². The largest absolute Gasteiger partial charge is 0.424 e. The fourth-order valence-electron chi connectivity index (χ4n) is 1.62. The van der Waals surface area contributed by atoms with Gasteiger partial charge in [-0.1, -0.05) is 0 Å². The van der Waals surface area contributed by atoms with Crippen molar-refractivity contribution in [1.29, 1.82) is 0 Å². The Labute approximate surface area is 132 Å². The zero-order valence-corrected chi connectivity index (χ0v) is 14.2. The molecule has 0 aromatic carbocycles. The van der Waals surface area contributed by atoms with Crippen LogP contribution in [0.4, 0.5) is 4.79 Å². The van der Waals surface area contributed by atoms with Crippen LogP contribution in [0.1, 0.15) is 13.3 Å². The molecular formula is C12H28N2O7Si. The van der Waals surface area contributed by atoms with E-state index in [0.29, 0.717) is 6.54 Å². The van der Waals surface area contributed by atoms with E-state index in [9.17, 15) is 20.1 Å². The summed E-state index contributed by atoms with van der Waals surface area (Å²) in [5.41, 5.74) is 0. The highest BCUT2D eigenvalue weighted by Gasteiger charge is 2.30. The summed E-state index contributed by atoms with van der Waals surface area (Å²) in [5.74, 6) is 0. The van der Waals surface area contributed by atoms with Crippen LogP contribution in [0.3, 0.4) is 0 Å². The molecule has 9 nitrogen and oxygen atoms in total. The summed E-state index contributed by atoms with van der Waals surface area (Å²) < 4.78 is 5.28. The Morgan fingerprint density at radius 1 is 1.14 bits per heavy atom. The first-order valence-electron chi connectivity index (χ1n) is 7.36. The Morgan fingerprint density at radius 2 is 1.77 bits per heavy atom. The van der Waals surface area contributed by atoms with Crippen LogP contribution in [0.5, 0.6) is 0 Å². The van der Waals surface area contributed by atoms with Gasteiger partial charge in [-0.3, -0.25) is 0 Å². The summed E-state index contributed by atoms with van der Waals surface area (Å²) in [6.45, 7) is 2.10. The summed E-state index contributed by atoms with van der Waals surface area (Å²) in [6, 6.07) is 0.460. The third kappa shape index (κ3) is 9.30. The monoisotopic (exact) mass is 340 g/mol. The molecule has 0 fully saturated rings. The number of carbonyl (C=O) groups is 1. The molecule has 22 heavy (non-hydrogen) atoms. The number of hydrogen-bond donors (Lipinski definition) is 7. The Balaban J connectivity index is 3.80. The van der Waals surface area contributed by atoms with Crippen molar-refractivity contribution in [3.63, 3.8) is 0 Å². The summed E-state index contributed by atoms with van der Waals surface area (Å²) >= 11 is 0. The highest BCUT2D eigenvalue weighted by Crippen LogP contribution is 2.04. The van der Waals surface area contributed by atoms with Crippen LogP contribution in [-0.4, -0.2) is 92.0 Å². The molecule has 0 aromatic rings. The van der Waals surface area contributed by atoms with E-state index in [1.165, 1.54) is 0 Å². The van der Waals surface area contributed by atoms with Crippen molar-refractivity contribution < 1.29 is 34.8 Å². The van der Waals surface area contributed by atoms with Gasteiger partial charge in [0.2, 0.25) is 0 Å². The van der Waals surface area contributed by atoms with E-state index in [1.54, 1.807) is 0 Å². The van der Waals surface area contributed by atoms with E-state index < -0.39 is 46.8 Å². The first-order chi connectivity index (χ1) is 10.4. The van der Waals surface area contributed by atoms with Gasteiger partial charge in [0.1, 0.15) is 18.3 Å². The van der Waals surface area contributed by atoms with Crippen molar-refractivity contribution >= 4 is 15.8 Å². The number of nitrogens with one attached hydrogen (secondary N) is 2. The van der Waals surface area contributed by atoms with Crippen molar-refractivity contribution in [2.24, 2.45) is 0 Å². The molecule has 10 heteroatoms. The predicted octanol–water partition coefficient (Wildman–Crippen LogP) is -3.35. The normalized spacial score (nSPS) is 17.2. The average Bonchev–Trinajstić information content (AvgIpc) is 2.53. The van der Waals surface area contributed by atoms with E-state index in [2.05, 4.69) is 10.6 Å². The number of carbonyl (C=O) groups excluding carboxylic acids is 1. The summed E-state index contributed by atoms with van der Waals surface area (Å²) in [5, 5.41) is 51.3.